The summed E-state index contributed by atoms with van der Waals surface area (Å²) in [6, 6.07) is 4.83. The molecular weight excluding hydrogens is 438 g/mol. The third-order valence-corrected chi connectivity index (χ3v) is 5.26. The van der Waals surface area contributed by atoms with E-state index in [0.29, 0.717) is 0 Å². The average molecular weight is 463 g/mol. The van der Waals surface area contributed by atoms with Gasteiger partial charge in [0, 0.05) is 12.1 Å². The highest BCUT2D eigenvalue weighted by Gasteiger charge is 2.51. The van der Waals surface area contributed by atoms with Crippen LogP contribution in [-0.4, -0.2) is 115 Å². The predicted molar refractivity (Wildman–Crippen MR) is 100 cm³/mol. The molecule has 0 unspecified atom stereocenters. The number of ether oxygens (including phenoxy) is 4. The molecule has 0 bridgehead atoms. The van der Waals surface area contributed by atoms with Crippen LogP contribution in [0.25, 0.3) is 0 Å². The van der Waals surface area contributed by atoms with Crippen molar-refractivity contribution in [3.63, 3.8) is 0 Å². The second kappa shape index (κ2) is 10.3. The Balaban J connectivity index is 1.70. The van der Waals surface area contributed by atoms with Crippen molar-refractivity contribution in [2.24, 2.45) is 0 Å². The molecule has 2 heterocycles. The van der Waals surface area contributed by atoms with Gasteiger partial charge in [0.1, 0.15) is 54.6 Å². The number of non-ortho nitro benzene ring substituents is 1. The van der Waals surface area contributed by atoms with E-state index in [0.717, 1.165) is 12.1 Å². The molecule has 0 aliphatic carbocycles. The maximum Gasteiger partial charge on any atom is 0.269 e. The van der Waals surface area contributed by atoms with E-state index in [1.807, 2.05) is 0 Å². The first-order chi connectivity index (χ1) is 15.2. The zero-order valence-corrected chi connectivity index (χ0v) is 16.5. The number of aliphatic hydroxyl groups excluding tert-OH is 7. The Bertz CT molecular complexity index is 760. The van der Waals surface area contributed by atoms with E-state index in [1.54, 1.807) is 0 Å². The third-order valence-electron chi connectivity index (χ3n) is 5.26. The minimum absolute atomic E-state index is 0.0804. The zero-order valence-electron chi connectivity index (χ0n) is 16.5. The number of nitro benzene ring substituents is 1. The van der Waals surface area contributed by atoms with Crippen LogP contribution in [0.15, 0.2) is 24.3 Å². The third kappa shape index (κ3) is 4.99. The smallest absolute Gasteiger partial charge is 0.269 e. The lowest BCUT2D eigenvalue weighted by Gasteiger charge is -2.45. The van der Waals surface area contributed by atoms with E-state index in [1.165, 1.54) is 12.1 Å². The van der Waals surface area contributed by atoms with Crippen LogP contribution in [0.4, 0.5) is 5.69 Å². The number of benzene rings is 1. The Morgan fingerprint density at radius 1 is 0.812 bits per heavy atom. The molecule has 0 radical (unpaired) electrons. The Morgan fingerprint density at radius 2 is 1.38 bits per heavy atom. The fraction of sp³-hybridized carbons (Fsp3) is 0.667. The molecule has 7 N–H and O–H groups in total. The molecule has 2 fully saturated rings. The number of hydrogen-bond acceptors (Lipinski definition) is 13. The maximum absolute atomic E-state index is 10.7. The Labute approximate surface area is 180 Å². The van der Waals surface area contributed by atoms with Gasteiger partial charge in [-0.15, -0.1) is 0 Å². The van der Waals surface area contributed by atoms with Gasteiger partial charge in [-0.1, -0.05) is 0 Å². The number of nitro groups is 1. The van der Waals surface area contributed by atoms with E-state index in [-0.39, 0.29) is 11.4 Å². The topological polar surface area (TPSA) is 222 Å². The summed E-state index contributed by atoms with van der Waals surface area (Å²) in [5.41, 5.74) is -0.191. The van der Waals surface area contributed by atoms with Crippen LogP contribution in [0.3, 0.4) is 0 Å². The molecular formula is C18H25NO13. The van der Waals surface area contributed by atoms with Crippen LogP contribution < -0.4 is 4.74 Å². The van der Waals surface area contributed by atoms with Crippen LogP contribution in [0, 0.1) is 10.1 Å². The van der Waals surface area contributed by atoms with Gasteiger partial charge in [0.15, 0.2) is 6.29 Å². The van der Waals surface area contributed by atoms with Crippen molar-refractivity contribution < 1.29 is 59.6 Å². The van der Waals surface area contributed by atoms with Gasteiger partial charge in [-0.25, -0.2) is 0 Å². The summed E-state index contributed by atoms with van der Waals surface area (Å²) in [7, 11) is 0. The minimum Gasteiger partial charge on any atom is -0.462 e. The zero-order chi connectivity index (χ0) is 23.6. The molecule has 0 aromatic heterocycles. The first kappa shape index (κ1) is 24.7. The largest absolute Gasteiger partial charge is 0.462 e. The predicted octanol–water partition coefficient (Wildman–Crippen LogP) is -3.40. The van der Waals surface area contributed by atoms with Gasteiger partial charge in [0.05, 0.1) is 18.1 Å². The van der Waals surface area contributed by atoms with Crippen molar-refractivity contribution in [3.05, 3.63) is 34.4 Å². The van der Waals surface area contributed by atoms with Gasteiger partial charge in [-0.2, -0.15) is 0 Å². The molecule has 2 saturated heterocycles. The van der Waals surface area contributed by atoms with Gasteiger partial charge in [-0.05, 0) is 12.1 Å². The SMILES string of the molecule is O=[N+]([O-])c1ccc(O[C@@H]2O[C@@H](CO)[C@@H](O[C@@H]3O[C@@H](CO)[C@H](O)[C@H](O)[C@@H]3O)[C@H](O)[C@@H]2O)cc1. The summed E-state index contributed by atoms with van der Waals surface area (Å²) in [6.07, 6.45) is -15.7. The first-order valence-corrected chi connectivity index (χ1v) is 9.67. The fourth-order valence-corrected chi connectivity index (χ4v) is 3.43. The molecule has 14 nitrogen and oxygen atoms in total. The van der Waals surface area contributed by atoms with Gasteiger partial charge in [-0.3, -0.25) is 10.1 Å². The van der Waals surface area contributed by atoms with Crippen LogP contribution in [0.2, 0.25) is 0 Å². The van der Waals surface area contributed by atoms with Crippen molar-refractivity contribution in [1.82, 2.24) is 0 Å². The Hall–Kier alpha value is -1.98. The Kier molecular flexibility index (Phi) is 7.94. The van der Waals surface area contributed by atoms with Crippen molar-refractivity contribution >= 4 is 5.69 Å². The molecule has 180 valence electrons. The molecule has 2 aliphatic heterocycles. The van der Waals surface area contributed by atoms with Crippen molar-refractivity contribution in [2.45, 2.75) is 61.4 Å². The van der Waals surface area contributed by atoms with Crippen molar-refractivity contribution in [1.29, 1.82) is 0 Å². The van der Waals surface area contributed by atoms with Gasteiger partial charge in [0.2, 0.25) is 6.29 Å². The maximum atomic E-state index is 10.7. The average Bonchev–Trinajstić information content (AvgIpc) is 2.79. The molecule has 0 saturated carbocycles. The number of aliphatic hydroxyl groups is 7. The molecule has 32 heavy (non-hydrogen) atoms. The van der Waals surface area contributed by atoms with Gasteiger partial charge in [0.25, 0.3) is 5.69 Å². The van der Waals surface area contributed by atoms with E-state index in [4.69, 9.17) is 18.9 Å². The normalized spacial score (nSPS) is 40.1. The van der Waals surface area contributed by atoms with Crippen LogP contribution in [0.1, 0.15) is 0 Å². The van der Waals surface area contributed by atoms with E-state index < -0.39 is 79.5 Å². The highest BCUT2D eigenvalue weighted by Crippen LogP contribution is 2.30. The molecule has 2 aliphatic rings. The molecule has 1 aromatic carbocycles. The summed E-state index contributed by atoms with van der Waals surface area (Å²) < 4.78 is 21.5. The number of rotatable bonds is 7. The first-order valence-electron chi connectivity index (χ1n) is 9.67. The van der Waals surface area contributed by atoms with Gasteiger partial charge < -0.3 is 54.7 Å². The van der Waals surface area contributed by atoms with Crippen LogP contribution >= 0.6 is 0 Å². The second-order valence-corrected chi connectivity index (χ2v) is 7.37. The quantitative estimate of drug-likeness (QED) is 0.155. The molecule has 10 atom stereocenters. The van der Waals surface area contributed by atoms with Crippen LogP contribution in [-0.2, 0) is 14.2 Å². The number of hydrogen-bond donors (Lipinski definition) is 7. The molecule has 0 amide bonds. The number of nitrogens with zero attached hydrogens (tertiary/aromatic N) is 1. The summed E-state index contributed by atoms with van der Waals surface area (Å²) in [5.74, 6) is 0.0804. The highest BCUT2D eigenvalue weighted by molar-refractivity contribution is 5.36. The van der Waals surface area contributed by atoms with Crippen molar-refractivity contribution in [2.75, 3.05) is 13.2 Å². The monoisotopic (exact) mass is 463 g/mol. The molecule has 1 aromatic rings. The van der Waals surface area contributed by atoms with Crippen molar-refractivity contribution in [3.8, 4) is 5.75 Å². The molecule has 0 spiro atoms. The minimum atomic E-state index is -1.77. The molecule has 3 rings (SSSR count). The highest BCUT2D eigenvalue weighted by atomic mass is 16.7. The summed E-state index contributed by atoms with van der Waals surface area (Å²) in [5, 5.41) is 80.4. The summed E-state index contributed by atoms with van der Waals surface area (Å²) in [4.78, 5) is 10.1. The van der Waals surface area contributed by atoms with E-state index in [2.05, 4.69) is 0 Å². The Morgan fingerprint density at radius 3 is 1.94 bits per heavy atom. The standard InChI is InChI=1S/C18H25NO13/c20-5-9-11(22)12(23)14(25)18(30-9)32-16-10(6-21)31-17(15(26)13(16)24)29-8-3-1-7(2-4-8)19(27)28/h1-4,9-18,20-26H,5-6H2/t9-,10-,11-,12-,13+,14-,15-,16+,17+,18-/m0/s1. The fourth-order valence-electron chi connectivity index (χ4n) is 3.43. The molecule has 14 heteroatoms. The lowest BCUT2D eigenvalue weighted by Crippen LogP contribution is -2.65. The van der Waals surface area contributed by atoms with E-state index >= 15 is 0 Å². The van der Waals surface area contributed by atoms with Crippen LogP contribution in [0.5, 0.6) is 5.75 Å². The van der Waals surface area contributed by atoms with E-state index in [9.17, 15) is 45.9 Å². The lowest BCUT2D eigenvalue weighted by atomic mass is 9.97. The summed E-state index contributed by atoms with van der Waals surface area (Å²) in [6.45, 7) is -1.42. The summed E-state index contributed by atoms with van der Waals surface area (Å²) >= 11 is 0. The van der Waals surface area contributed by atoms with Gasteiger partial charge >= 0.3 is 0 Å². The second-order valence-electron chi connectivity index (χ2n) is 7.37. The lowest BCUT2D eigenvalue weighted by molar-refractivity contribution is -0.384.